The number of hydrogen-bond donors (Lipinski definition) is 1. The number of nitrogens with two attached hydrogens (primary N) is 1. The molecule has 0 aromatic carbocycles. The van der Waals surface area contributed by atoms with E-state index >= 15 is 0 Å². The van der Waals surface area contributed by atoms with E-state index in [0.29, 0.717) is 13.1 Å². The van der Waals surface area contributed by atoms with E-state index in [-0.39, 0.29) is 23.6 Å². The average molecular weight is 286 g/mol. The summed E-state index contributed by atoms with van der Waals surface area (Å²) in [6, 6.07) is 0.0409. The molecule has 1 aliphatic heterocycles. The summed E-state index contributed by atoms with van der Waals surface area (Å²) in [5.74, 6) is 0.445. The largest absolute Gasteiger partial charge is 0.326 e. The Kier molecular flexibility index (Phi) is 4.27. The third-order valence-corrected chi connectivity index (χ3v) is 5.32. The molecule has 1 aromatic rings. The van der Waals surface area contributed by atoms with Gasteiger partial charge in [-0.05, 0) is 6.42 Å². The first-order valence-corrected chi connectivity index (χ1v) is 8.43. The van der Waals surface area contributed by atoms with Crippen LogP contribution in [0.2, 0.25) is 0 Å². The Labute approximate surface area is 114 Å². The number of sulfone groups is 1. The van der Waals surface area contributed by atoms with Gasteiger partial charge in [0.15, 0.2) is 9.84 Å². The van der Waals surface area contributed by atoms with Crippen molar-refractivity contribution < 1.29 is 8.42 Å². The molecule has 2 rings (SSSR count). The van der Waals surface area contributed by atoms with Crippen molar-refractivity contribution in [2.24, 2.45) is 12.8 Å². The fourth-order valence-electron chi connectivity index (χ4n) is 2.55. The normalized spacial score (nSPS) is 23.1. The lowest BCUT2D eigenvalue weighted by Gasteiger charge is -2.37. The van der Waals surface area contributed by atoms with Crippen LogP contribution in [0.15, 0.2) is 12.4 Å². The van der Waals surface area contributed by atoms with Crippen LogP contribution in [0, 0.1) is 0 Å². The maximum absolute atomic E-state index is 11.5. The maximum atomic E-state index is 11.5. The predicted molar refractivity (Wildman–Crippen MR) is 74.4 cm³/mol. The standard InChI is InChI=1S/C12H22N4O2S/c1-3-11(13)12(10-8-14-15(2)9-10)16-4-6-19(17,18)7-5-16/h8-9,11-12H,3-7,13H2,1-2H3. The van der Waals surface area contributed by atoms with Gasteiger partial charge < -0.3 is 5.73 Å². The average Bonchev–Trinajstić information content (AvgIpc) is 2.78. The van der Waals surface area contributed by atoms with Crippen LogP contribution in [0.4, 0.5) is 0 Å². The molecule has 1 aliphatic rings. The fraction of sp³-hybridized carbons (Fsp3) is 0.750. The molecule has 6 nitrogen and oxygen atoms in total. The Hall–Kier alpha value is -0.920. The second-order valence-corrected chi connectivity index (χ2v) is 7.46. The van der Waals surface area contributed by atoms with Gasteiger partial charge in [0.25, 0.3) is 0 Å². The molecule has 1 fully saturated rings. The van der Waals surface area contributed by atoms with Gasteiger partial charge in [-0.2, -0.15) is 5.10 Å². The van der Waals surface area contributed by atoms with Crippen LogP contribution in [-0.2, 0) is 16.9 Å². The van der Waals surface area contributed by atoms with E-state index in [1.165, 1.54) is 0 Å². The summed E-state index contributed by atoms with van der Waals surface area (Å²) in [7, 11) is -0.988. The molecule has 0 bridgehead atoms. The van der Waals surface area contributed by atoms with E-state index < -0.39 is 9.84 Å². The predicted octanol–water partition coefficient (Wildman–Crippen LogP) is -0.0711. The van der Waals surface area contributed by atoms with Crippen molar-refractivity contribution in [3.8, 4) is 0 Å². The highest BCUT2D eigenvalue weighted by Crippen LogP contribution is 2.26. The van der Waals surface area contributed by atoms with Crippen LogP contribution >= 0.6 is 0 Å². The van der Waals surface area contributed by atoms with Crippen LogP contribution in [0.3, 0.4) is 0 Å². The third-order valence-electron chi connectivity index (χ3n) is 3.72. The van der Waals surface area contributed by atoms with Crippen molar-refractivity contribution >= 4 is 9.84 Å². The van der Waals surface area contributed by atoms with Gasteiger partial charge in [0.2, 0.25) is 0 Å². The van der Waals surface area contributed by atoms with Gasteiger partial charge in [-0.3, -0.25) is 9.58 Å². The Balaban J connectivity index is 2.19. The van der Waals surface area contributed by atoms with Gasteiger partial charge in [0, 0.05) is 37.9 Å². The molecule has 2 unspecified atom stereocenters. The summed E-state index contributed by atoms with van der Waals surface area (Å²) in [4.78, 5) is 2.17. The first-order valence-electron chi connectivity index (χ1n) is 6.61. The monoisotopic (exact) mass is 286 g/mol. The van der Waals surface area contributed by atoms with Crippen LogP contribution in [-0.4, -0.2) is 53.7 Å². The van der Waals surface area contributed by atoms with Gasteiger partial charge >= 0.3 is 0 Å². The summed E-state index contributed by atoms with van der Waals surface area (Å²) >= 11 is 0. The van der Waals surface area contributed by atoms with Crippen molar-refractivity contribution in [1.29, 1.82) is 0 Å². The minimum Gasteiger partial charge on any atom is -0.326 e. The van der Waals surface area contributed by atoms with E-state index in [9.17, 15) is 8.42 Å². The van der Waals surface area contributed by atoms with Crippen LogP contribution in [0.5, 0.6) is 0 Å². The Morgan fingerprint density at radius 1 is 1.42 bits per heavy atom. The minimum absolute atomic E-state index is 0.00926. The Morgan fingerprint density at radius 3 is 2.53 bits per heavy atom. The molecule has 2 heterocycles. The first kappa shape index (κ1) is 14.5. The second kappa shape index (κ2) is 5.60. The van der Waals surface area contributed by atoms with Gasteiger partial charge in [-0.1, -0.05) is 6.92 Å². The second-order valence-electron chi connectivity index (χ2n) is 5.15. The maximum Gasteiger partial charge on any atom is 0.152 e. The molecule has 0 saturated carbocycles. The molecule has 108 valence electrons. The molecule has 0 amide bonds. The molecule has 1 aromatic heterocycles. The smallest absolute Gasteiger partial charge is 0.152 e. The van der Waals surface area contributed by atoms with Gasteiger partial charge in [-0.15, -0.1) is 0 Å². The summed E-state index contributed by atoms with van der Waals surface area (Å²) in [5.41, 5.74) is 7.29. The number of aryl methyl sites for hydroxylation is 1. The van der Waals surface area contributed by atoms with E-state index in [0.717, 1.165) is 12.0 Å². The summed E-state index contributed by atoms with van der Waals surface area (Å²) in [5, 5.41) is 4.19. The van der Waals surface area contributed by atoms with Gasteiger partial charge in [0.05, 0.1) is 23.7 Å². The van der Waals surface area contributed by atoms with Crippen molar-refractivity contribution in [3.63, 3.8) is 0 Å². The number of aromatic nitrogens is 2. The Morgan fingerprint density at radius 2 is 2.05 bits per heavy atom. The minimum atomic E-state index is -2.86. The van der Waals surface area contributed by atoms with Crippen molar-refractivity contribution in [2.45, 2.75) is 25.4 Å². The molecule has 2 N–H and O–H groups in total. The highest BCUT2D eigenvalue weighted by atomic mass is 32.2. The van der Waals surface area contributed by atoms with Gasteiger partial charge in [0.1, 0.15) is 0 Å². The molecule has 19 heavy (non-hydrogen) atoms. The lowest BCUT2D eigenvalue weighted by Crippen LogP contribution is -2.47. The van der Waals surface area contributed by atoms with Gasteiger partial charge in [-0.25, -0.2) is 8.42 Å². The van der Waals surface area contributed by atoms with Crippen LogP contribution < -0.4 is 5.73 Å². The first-order chi connectivity index (χ1) is 8.93. The van der Waals surface area contributed by atoms with Crippen molar-refractivity contribution in [1.82, 2.24) is 14.7 Å². The Bertz CT molecular complexity index is 512. The molecular formula is C12H22N4O2S. The lowest BCUT2D eigenvalue weighted by molar-refractivity contribution is 0.183. The third kappa shape index (κ3) is 3.34. The zero-order valence-corrected chi connectivity index (χ0v) is 12.3. The van der Waals surface area contributed by atoms with E-state index in [4.69, 9.17) is 5.73 Å². The highest BCUT2D eigenvalue weighted by Gasteiger charge is 2.31. The topological polar surface area (TPSA) is 81.2 Å². The quantitative estimate of drug-likeness (QED) is 0.838. The number of rotatable bonds is 4. The molecule has 0 spiro atoms. The molecular weight excluding hydrogens is 264 g/mol. The molecule has 0 aliphatic carbocycles. The lowest BCUT2D eigenvalue weighted by atomic mass is 9.99. The molecule has 7 heteroatoms. The van der Waals surface area contributed by atoms with E-state index in [1.807, 2.05) is 19.4 Å². The molecule has 1 saturated heterocycles. The SMILES string of the molecule is CCC(N)C(c1cnn(C)c1)N1CCS(=O)(=O)CC1. The number of nitrogens with zero attached hydrogens (tertiary/aromatic N) is 3. The van der Waals surface area contributed by atoms with Crippen molar-refractivity contribution in [3.05, 3.63) is 18.0 Å². The zero-order valence-electron chi connectivity index (χ0n) is 11.5. The molecule has 0 radical (unpaired) electrons. The summed E-state index contributed by atoms with van der Waals surface area (Å²) in [6.45, 7) is 3.15. The fourth-order valence-corrected chi connectivity index (χ4v) is 3.78. The van der Waals surface area contributed by atoms with E-state index in [1.54, 1.807) is 4.68 Å². The van der Waals surface area contributed by atoms with Crippen molar-refractivity contribution in [2.75, 3.05) is 24.6 Å². The number of hydrogen-bond acceptors (Lipinski definition) is 5. The summed E-state index contributed by atoms with van der Waals surface area (Å²) < 4.78 is 24.8. The van der Waals surface area contributed by atoms with Crippen LogP contribution in [0.25, 0.3) is 0 Å². The zero-order chi connectivity index (χ0) is 14.0. The van der Waals surface area contributed by atoms with Crippen LogP contribution in [0.1, 0.15) is 24.9 Å². The highest BCUT2D eigenvalue weighted by molar-refractivity contribution is 7.91. The molecule has 2 atom stereocenters. The van der Waals surface area contributed by atoms with E-state index in [2.05, 4.69) is 16.9 Å². The summed E-state index contributed by atoms with van der Waals surface area (Å²) in [6.07, 6.45) is 4.63.